The summed E-state index contributed by atoms with van der Waals surface area (Å²) >= 11 is 12.2. The fourth-order valence-electron chi connectivity index (χ4n) is 3.30. The summed E-state index contributed by atoms with van der Waals surface area (Å²) in [6.45, 7) is 7.90. The summed E-state index contributed by atoms with van der Waals surface area (Å²) in [4.78, 5) is 25.3. The average molecular weight is 431 g/mol. The van der Waals surface area contributed by atoms with E-state index in [0.29, 0.717) is 36.3 Å². The van der Waals surface area contributed by atoms with Gasteiger partial charge in [0.2, 0.25) is 5.60 Å². The number of rotatable bonds is 6. The van der Waals surface area contributed by atoms with Gasteiger partial charge in [-0.25, -0.2) is 4.79 Å². The molecule has 0 amide bonds. The van der Waals surface area contributed by atoms with E-state index < -0.39 is 22.9 Å². The Bertz CT molecular complexity index is 673. The van der Waals surface area contributed by atoms with E-state index in [4.69, 9.17) is 37.4 Å². The first kappa shape index (κ1) is 23.0. The van der Waals surface area contributed by atoms with E-state index in [1.165, 1.54) is 0 Å². The zero-order valence-corrected chi connectivity index (χ0v) is 18.3. The first-order valence-electron chi connectivity index (χ1n) is 9.54. The van der Waals surface area contributed by atoms with Crippen LogP contribution in [0.5, 0.6) is 0 Å². The van der Waals surface area contributed by atoms with Gasteiger partial charge in [-0.3, -0.25) is 4.79 Å². The monoisotopic (exact) mass is 430 g/mol. The second-order valence-corrected chi connectivity index (χ2v) is 8.85. The molecule has 1 aliphatic carbocycles. The molecule has 1 aromatic rings. The number of carbonyl (C=O) groups is 2. The normalized spacial score (nSPS) is 23.7. The topological polar surface area (TPSA) is 61.8 Å². The van der Waals surface area contributed by atoms with Crippen molar-refractivity contribution >= 4 is 35.1 Å². The zero-order valence-electron chi connectivity index (χ0n) is 16.8. The summed E-state index contributed by atoms with van der Waals surface area (Å²) in [5, 5.41) is -0.492. The molecule has 1 atom stereocenters. The molecule has 1 saturated carbocycles. The number of hydrogen-bond acceptors (Lipinski definition) is 5. The minimum Gasteiger partial charge on any atom is -0.463 e. The molecule has 2 rings (SSSR count). The average Bonchev–Trinajstić information content (AvgIpc) is 2.62. The molecule has 0 spiro atoms. The molecule has 7 heteroatoms. The Morgan fingerprint density at radius 2 is 1.75 bits per heavy atom. The summed E-state index contributed by atoms with van der Waals surface area (Å²) in [6, 6.07) is 6.62. The van der Waals surface area contributed by atoms with Crippen LogP contribution in [0.2, 0.25) is 5.02 Å². The van der Waals surface area contributed by atoms with Crippen LogP contribution in [0, 0.1) is 0 Å². The third-order valence-corrected chi connectivity index (χ3v) is 5.26. The van der Waals surface area contributed by atoms with Gasteiger partial charge < -0.3 is 14.2 Å². The smallest absolute Gasteiger partial charge is 0.350 e. The van der Waals surface area contributed by atoms with Gasteiger partial charge in [0.25, 0.3) is 0 Å². The van der Waals surface area contributed by atoms with E-state index in [1.807, 2.05) is 20.8 Å². The Morgan fingerprint density at radius 1 is 1.18 bits per heavy atom. The first-order chi connectivity index (χ1) is 13.1. The Morgan fingerprint density at radius 3 is 2.25 bits per heavy atom. The molecular weight excluding hydrogens is 403 g/mol. The lowest BCUT2D eigenvalue weighted by molar-refractivity contribution is -0.192. The van der Waals surface area contributed by atoms with E-state index in [1.54, 1.807) is 31.2 Å². The van der Waals surface area contributed by atoms with Crippen LogP contribution in [0.3, 0.4) is 0 Å². The summed E-state index contributed by atoms with van der Waals surface area (Å²) in [5.41, 5.74) is -1.05. The standard InChI is InChI=1S/C21H28Cl2O5/c1-5-26-19(25)21(12-10-16(11-13-21)27-20(2,3)4)28-18(24)17(23)14-6-8-15(22)9-7-14/h6-9,16-17H,5,10-13H2,1-4H3. The van der Waals surface area contributed by atoms with E-state index in [0.717, 1.165) is 0 Å². The van der Waals surface area contributed by atoms with Crippen molar-refractivity contribution in [1.29, 1.82) is 0 Å². The Kier molecular flexibility index (Phi) is 7.77. The molecule has 1 fully saturated rings. The number of hydrogen-bond donors (Lipinski definition) is 0. The molecule has 0 heterocycles. The van der Waals surface area contributed by atoms with Gasteiger partial charge >= 0.3 is 11.9 Å². The Labute approximate surface area is 176 Å². The van der Waals surface area contributed by atoms with Crippen molar-refractivity contribution in [2.45, 2.75) is 76.1 Å². The summed E-state index contributed by atoms with van der Waals surface area (Å²) in [7, 11) is 0. The van der Waals surface area contributed by atoms with Crippen LogP contribution in [0.25, 0.3) is 0 Å². The van der Waals surface area contributed by atoms with Gasteiger partial charge in [-0.1, -0.05) is 23.7 Å². The van der Waals surface area contributed by atoms with Crippen LogP contribution in [0.4, 0.5) is 0 Å². The largest absolute Gasteiger partial charge is 0.463 e. The highest BCUT2D eigenvalue weighted by Gasteiger charge is 2.48. The van der Waals surface area contributed by atoms with Gasteiger partial charge in [0.1, 0.15) is 0 Å². The summed E-state index contributed by atoms with van der Waals surface area (Å²) in [6.07, 6.45) is 1.86. The molecule has 1 aromatic carbocycles. The van der Waals surface area contributed by atoms with Crippen molar-refractivity contribution in [3.63, 3.8) is 0 Å². The number of esters is 2. The maximum Gasteiger partial charge on any atom is 0.350 e. The quantitative estimate of drug-likeness (QED) is 0.456. The number of halogens is 2. The third-order valence-electron chi connectivity index (χ3n) is 4.57. The predicted octanol–water partition coefficient (Wildman–Crippen LogP) is 5.22. The minimum absolute atomic E-state index is 0.00400. The van der Waals surface area contributed by atoms with E-state index in [2.05, 4.69) is 0 Å². The molecule has 0 N–H and O–H groups in total. The van der Waals surface area contributed by atoms with E-state index in [-0.39, 0.29) is 18.3 Å². The van der Waals surface area contributed by atoms with Crippen molar-refractivity contribution in [3.8, 4) is 0 Å². The van der Waals surface area contributed by atoms with Crippen LogP contribution in [-0.4, -0.2) is 35.9 Å². The fourth-order valence-corrected chi connectivity index (χ4v) is 3.61. The van der Waals surface area contributed by atoms with Gasteiger partial charge in [0.05, 0.1) is 18.3 Å². The van der Waals surface area contributed by atoms with E-state index >= 15 is 0 Å². The minimum atomic E-state index is -1.33. The maximum absolute atomic E-state index is 12.7. The second kappa shape index (κ2) is 9.47. The third kappa shape index (κ3) is 6.10. The highest BCUT2D eigenvalue weighted by molar-refractivity contribution is 6.31. The van der Waals surface area contributed by atoms with Gasteiger partial charge in [-0.15, -0.1) is 11.6 Å². The fraction of sp³-hybridized carbons (Fsp3) is 0.619. The predicted molar refractivity (Wildman–Crippen MR) is 109 cm³/mol. The second-order valence-electron chi connectivity index (χ2n) is 7.98. The highest BCUT2D eigenvalue weighted by atomic mass is 35.5. The van der Waals surface area contributed by atoms with Gasteiger partial charge in [-0.2, -0.15) is 0 Å². The van der Waals surface area contributed by atoms with Crippen molar-refractivity contribution in [3.05, 3.63) is 34.9 Å². The molecule has 0 bridgehead atoms. The van der Waals surface area contributed by atoms with Crippen molar-refractivity contribution in [2.24, 2.45) is 0 Å². The Hall–Kier alpha value is -1.30. The number of ether oxygens (including phenoxy) is 3. The SMILES string of the molecule is CCOC(=O)C1(OC(=O)C(Cl)c2ccc(Cl)cc2)CCC(OC(C)(C)C)CC1. The van der Waals surface area contributed by atoms with Crippen molar-refractivity contribution in [1.82, 2.24) is 0 Å². The van der Waals surface area contributed by atoms with Crippen LogP contribution in [-0.2, 0) is 23.8 Å². The van der Waals surface area contributed by atoms with Crippen molar-refractivity contribution in [2.75, 3.05) is 6.61 Å². The first-order valence-corrected chi connectivity index (χ1v) is 10.4. The summed E-state index contributed by atoms with van der Waals surface area (Å²) in [5.74, 6) is -1.20. The van der Waals surface area contributed by atoms with Crippen LogP contribution in [0.1, 0.15) is 64.3 Å². The number of benzene rings is 1. The van der Waals surface area contributed by atoms with Crippen LogP contribution < -0.4 is 0 Å². The lowest BCUT2D eigenvalue weighted by Crippen LogP contribution is -2.49. The molecule has 0 saturated heterocycles. The number of alkyl halides is 1. The van der Waals surface area contributed by atoms with Gasteiger partial charge in [-0.05, 0) is 58.2 Å². The molecule has 1 aliphatic rings. The maximum atomic E-state index is 12.7. The molecule has 5 nitrogen and oxygen atoms in total. The lowest BCUT2D eigenvalue weighted by Gasteiger charge is -2.39. The van der Waals surface area contributed by atoms with E-state index in [9.17, 15) is 9.59 Å². The van der Waals surface area contributed by atoms with Crippen LogP contribution in [0.15, 0.2) is 24.3 Å². The van der Waals surface area contributed by atoms with Crippen molar-refractivity contribution < 1.29 is 23.8 Å². The Balaban J connectivity index is 2.12. The lowest BCUT2D eigenvalue weighted by atomic mass is 9.82. The highest BCUT2D eigenvalue weighted by Crippen LogP contribution is 2.37. The molecular formula is C21H28Cl2O5. The molecule has 0 aromatic heterocycles. The number of carbonyl (C=O) groups excluding carboxylic acids is 2. The zero-order chi connectivity index (χ0) is 20.9. The van der Waals surface area contributed by atoms with Gasteiger partial charge in [0, 0.05) is 17.9 Å². The summed E-state index contributed by atoms with van der Waals surface area (Å²) < 4.78 is 16.9. The van der Waals surface area contributed by atoms with Crippen LogP contribution >= 0.6 is 23.2 Å². The molecule has 1 unspecified atom stereocenters. The molecule has 28 heavy (non-hydrogen) atoms. The molecule has 156 valence electrons. The molecule has 0 aliphatic heterocycles. The molecule has 0 radical (unpaired) electrons. The van der Waals surface area contributed by atoms with Gasteiger partial charge in [0.15, 0.2) is 5.38 Å².